The molecule has 0 aromatic carbocycles. The van der Waals surface area contributed by atoms with Crippen molar-refractivity contribution in [1.29, 1.82) is 0 Å². The van der Waals surface area contributed by atoms with Gasteiger partial charge in [-0.3, -0.25) is 9.69 Å². The van der Waals surface area contributed by atoms with Crippen LogP contribution in [0.25, 0.3) is 0 Å². The van der Waals surface area contributed by atoms with Gasteiger partial charge in [0, 0.05) is 25.7 Å². The molecule has 2 fully saturated rings. The molecule has 0 aromatic rings. The van der Waals surface area contributed by atoms with Gasteiger partial charge in [-0.25, -0.2) is 0 Å². The first-order valence-electron chi connectivity index (χ1n) is 4.33. The SMILES string of the molecule is O=CN1CCN2CCCC2C1. The second kappa shape index (κ2) is 2.81. The van der Waals surface area contributed by atoms with Crippen LogP contribution in [0.5, 0.6) is 0 Å². The highest BCUT2D eigenvalue weighted by atomic mass is 16.1. The second-order valence-electron chi connectivity index (χ2n) is 3.43. The largest absolute Gasteiger partial charge is 0.342 e. The van der Waals surface area contributed by atoms with E-state index in [0.717, 1.165) is 26.0 Å². The number of carbonyl (C=O) groups is 1. The van der Waals surface area contributed by atoms with Crippen LogP contribution in [0, 0.1) is 0 Å². The number of carbonyl (C=O) groups excluding carboxylic acids is 1. The third-order valence-electron chi connectivity index (χ3n) is 2.77. The van der Waals surface area contributed by atoms with Crippen LogP contribution in [0.3, 0.4) is 0 Å². The summed E-state index contributed by atoms with van der Waals surface area (Å²) in [6, 6.07) is 0.675. The quantitative estimate of drug-likeness (QED) is 0.493. The van der Waals surface area contributed by atoms with Gasteiger partial charge in [0.1, 0.15) is 0 Å². The molecular formula is C8H14N2O. The smallest absolute Gasteiger partial charge is 0.209 e. The number of amides is 1. The zero-order valence-corrected chi connectivity index (χ0v) is 6.70. The van der Waals surface area contributed by atoms with Gasteiger partial charge in [0.05, 0.1) is 0 Å². The Labute approximate surface area is 67.0 Å². The summed E-state index contributed by atoms with van der Waals surface area (Å²) in [6.07, 6.45) is 3.58. The molecule has 0 spiro atoms. The van der Waals surface area contributed by atoms with Crippen LogP contribution in [0.1, 0.15) is 12.8 Å². The van der Waals surface area contributed by atoms with E-state index in [0.29, 0.717) is 6.04 Å². The number of hydrogen-bond donors (Lipinski definition) is 0. The Kier molecular flexibility index (Phi) is 1.82. The van der Waals surface area contributed by atoms with Crippen molar-refractivity contribution >= 4 is 6.41 Å². The molecule has 2 rings (SSSR count). The molecule has 0 radical (unpaired) electrons. The number of piperazine rings is 1. The van der Waals surface area contributed by atoms with Crippen molar-refractivity contribution in [3.05, 3.63) is 0 Å². The molecule has 1 amide bonds. The molecule has 1 atom stereocenters. The standard InChI is InChI=1S/C8H14N2O/c11-7-9-4-5-10-3-1-2-8(10)6-9/h7-8H,1-6H2. The van der Waals surface area contributed by atoms with Gasteiger partial charge in [0.25, 0.3) is 0 Å². The third-order valence-corrected chi connectivity index (χ3v) is 2.77. The van der Waals surface area contributed by atoms with Crippen molar-refractivity contribution in [2.24, 2.45) is 0 Å². The van der Waals surface area contributed by atoms with Crippen LogP contribution in [0.2, 0.25) is 0 Å². The van der Waals surface area contributed by atoms with E-state index in [-0.39, 0.29) is 0 Å². The van der Waals surface area contributed by atoms with E-state index in [9.17, 15) is 4.79 Å². The maximum atomic E-state index is 10.5. The van der Waals surface area contributed by atoms with Gasteiger partial charge in [-0.15, -0.1) is 0 Å². The maximum absolute atomic E-state index is 10.5. The average molecular weight is 154 g/mol. The number of nitrogens with zero attached hydrogens (tertiary/aromatic N) is 2. The highest BCUT2D eigenvalue weighted by molar-refractivity contribution is 5.47. The molecular weight excluding hydrogens is 140 g/mol. The molecule has 11 heavy (non-hydrogen) atoms. The topological polar surface area (TPSA) is 23.6 Å². The molecule has 1 unspecified atom stereocenters. The van der Waals surface area contributed by atoms with Crippen molar-refractivity contribution in [2.45, 2.75) is 18.9 Å². The van der Waals surface area contributed by atoms with Crippen LogP contribution in [-0.4, -0.2) is 48.4 Å². The van der Waals surface area contributed by atoms with Crippen molar-refractivity contribution in [1.82, 2.24) is 9.80 Å². The summed E-state index contributed by atoms with van der Waals surface area (Å²) in [7, 11) is 0. The zero-order valence-electron chi connectivity index (χ0n) is 6.70. The number of hydrogen-bond acceptors (Lipinski definition) is 2. The molecule has 3 heteroatoms. The fraction of sp³-hybridized carbons (Fsp3) is 0.875. The summed E-state index contributed by atoms with van der Waals surface area (Å²) in [4.78, 5) is 14.9. The lowest BCUT2D eigenvalue weighted by Gasteiger charge is -2.35. The summed E-state index contributed by atoms with van der Waals surface area (Å²) in [5.74, 6) is 0. The number of rotatable bonds is 1. The molecule has 2 aliphatic rings. The van der Waals surface area contributed by atoms with E-state index in [1.165, 1.54) is 19.4 Å². The predicted molar refractivity (Wildman–Crippen MR) is 42.2 cm³/mol. The lowest BCUT2D eigenvalue weighted by Crippen LogP contribution is -2.49. The van der Waals surface area contributed by atoms with Gasteiger partial charge < -0.3 is 4.90 Å². The van der Waals surface area contributed by atoms with E-state index < -0.39 is 0 Å². The lowest BCUT2D eigenvalue weighted by atomic mass is 10.2. The monoisotopic (exact) mass is 154 g/mol. The van der Waals surface area contributed by atoms with E-state index in [2.05, 4.69) is 4.90 Å². The first-order valence-corrected chi connectivity index (χ1v) is 4.33. The average Bonchev–Trinajstić information content (AvgIpc) is 2.50. The van der Waals surface area contributed by atoms with E-state index >= 15 is 0 Å². The van der Waals surface area contributed by atoms with Gasteiger partial charge in [-0.2, -0.15) is 0 Å². The van der Waals surface area contributed by atoms with Gasteiger partial charge in [0.15, 0.2) is 0 Å². The van der Waals surface area contributed by atoms with Crippen molar-refractivity contribution < 1.29 is 4.79 Å². The minimum absolute atomic E-state index is 0.675. The molecule has 0 saturated carbocycles. The molecule has 2 saturated heterocycles. The van der Waals surface area contributed by atoms with Crippen molar-refractivity contribution in [3.63, 3.8) is 0 Å². The van der Waals surface area contributed by atoms with Crippen LogP contribution in [0.4, 0.5) is 0 Å². The van der Waals surface area contributed by atoms with Crippen LogP contribution in [0.15, 0.2) is 0 Å². The number of fused-ring (bicyclic) bond motifs is 1. The van der Waals surface area contributed by atoms with Crippen LogP contribution in [-0.2, 0) is 4.79 Å². The molecule has 0 N–H and O–H groups in total. The van der Waals surface area contributed by atoms with Crippen LogP contribution >= 0.6 is 0 Å². The fourth-order valence-corrected chi connectivity index (χ4v) is 2.11. The Hall–Kier alpha value is -0.570. The second-order valence-corrected chi connectivity index (χ2v) is 3.43. The van der Waals surface area contributed by atoms with Crippen molar-refractivity contribution in [3.8, 4) is 0 Å². The highest BCUT2D eigenvalue weighted by Gasteiger charge is 2.29. The Balaban J connectivity index is 1.96. The summed E-state index contributed by atoms with van der Waals surface area (Å²) in [6.45, 7) is 4.23. The molecule has 0 aliphatic carbocycles. The highest BCUT2D eigenvalue weighted by Crippen LogP contribution is 2.20. The van der Waals surface area contributed by atoms with E-state index in [1.54, 1.807) is 0 Å². The molecule has 2 heterocycles. The first-order chi connectivity index (χ1) is 5.40. The summed E-state index contributed by atoms with van der Waals surface area (Å²) in [5, 5.41) is 0. The summed E-state index contributed by atoms with van der Waals surface area (Å²) in [5.41, 5.74) is 0. The van der Waals surface area contributed by atoms with E-state index in [1.807, 2.05) is 4.90 Å². The van der Waals surface area contributed by atoms with Gasteiger partial charge >= 0.3 is 0 Å². The maximum Gasteiger partial charge on any atom is 0.209 e. The van der Waals surface area contributed by atoms with E-state index in [4.69, 9.17) is 0 Å². The minimum atomic E-state index is 0.675. The molecule has 2 aliphatic heterocycles. The molecule has 0 aromatic heterocycles. The first kappa shape index (κ1) is 7.10. The third kappa shape index (κ3) is 1.25. The Morgan fingerprint density at radius 1 is 1.27 bits per heavy atom. The van der Waals surface area contributed by atoms with Gasteiger partial charge in [-0.1, -0.05) is 0 Å². The normalized spacial score (nSPS) is 32.0. The Morgan fingerprint density at radius 2 is 2.18 bits per heavy atom. The predicted octanol–water partition coefficient (Wildman–Crippen LogP) is -0.0772. The Bertz CT molecular complexity index is 160. The fourth-order valence-electron chi connectivity index (χ4n) is 2.11. The van der Waals surface area contributed by atoms with Gasteiger partial charge in [0.2, 0.25) is 6.41 Å². The molecule has 3 nitrogen and oxygen atoms in total. The van der Waals surface area contributed by atoms with Crippen LogP contribution < -0.4 is 0 Å². The lowest BCUT2D eigenvalue weighted by molar-refractivity contribution is -0.120. The zero-order chi connectivity index (χ0) is 7.68. The van der Waals surface area contributed by atoms with Crippen molar-refractivity contribution in [2.75, 3.05) is 26.2 Å². The summed E-state index contributed by atoms with van der Waals surface area (Å²) < 4.78 is 0. The summed E-state index contributed by atoms with van der Waals surface area (Å²) >= 11 is 0. The van der Waals surface area contributed by atoms with Gasteiger partial charge in [-0.05, 0) is 19.4 Å². The minimum Gasteiger partial charge on any atom is -0.342 e. The Morgan fingerprint density at radius 3 is 3.00 bits per heavy atom. The molecule has 0 bridgehead atoms. The molecule has 62 valence electrons.